The molecule has 0 bridgehead atoms. The van der Waals surface area contributed by atoms with Crippen molar-refractivity contribution in [2.24, 2.45) is 0 Å². The number of fused-ring (bicyclic) bond motifs is 1. The van der Waals surface area contributed by atoms with Crippen LogP contribution in [0, 0.1) is 5.82 Å². The number of carbonyl (C=O) groups excluding carboxylic acids is 1. The molecule has 1 aromatic heterocycles. The third-order valence-corrected chi connectivity index (χ3v) is 5.39. The number of ether oxygens (including phenoxy) is 1. The SMILES string of the molecule is CC(c1nc2ccccc2s1)N(C)C(=O)COc1ccc(F)cc1Cl. The molecular formula is C18H16ClFN2O2S. The van der Waals surface area contributed by atoms with Crippen LogP contribution in [-0.4, -0.2) is 29.4 Å². The number of thiazole rings is 1. The molecule has 0 spiro atoms. The van der Waals surface area contributed by atoms with Gasteiger partial charge in [0, 0.05) is 7.05 Å². The molecule has 25 heavy (non-hydrogen) atoms. The molecule has 3 rings (SSSR count). The van der Waals surface area contributed by atoms with Crippen molar-refractivity contribution in [3.05, 3.63) is 58.3 Å². The van der Waals surface area contributed by atoms with Gasteiger partial charge in [0.15, 0.2) is 6.61 Å². The zero-order valence-electron chi connectivity index (χ0n) is 13.7. The first kappa shape index (κ1) is 17.6. The molecule has 0 aliphatic rings. The van der Waals surface area contributed by atoms with E-state index in [4.69, 9.17) is 16.3 Å². The highest BCUT2D eigenvalue weighted by molar-refractivity contribution is 7.18. The molecule has 0 aliphatic heterocycles. The van der Waals surface area contributed by atoms with Crippen LogP contribution in [0.1, 0.15) is 18.0 Å². The molecule has 0 N–H and O–H groups in total. The van der Waals surface area contributed by atoms with Gasteiger partial charge >= 0.3 is 0 Å². The van der Waals surface area contributed by atoms with Crippen LogP contribution in [0.15, 0.2) is 42.5 Å². The van der Waals surface area contributed by atoms with E-state index < -0.39 is 5.82 Å². The molecule has 0 radical (unpaired) electrons. The Bertz CT molecular complexity index is 882. The molecule has 2 aromatic carbocycles. The minimum atomic E-state index is -0.453. The van der Waals surface area contributed by atoms with Crippen LogP contribution in [0.4, 0.5) is 4.39 Å². The van der Waals surface area contributed by atoms with Crippen molar-refractivity contribution in [1.29, 1.82) is 0 Å². The van der Waals surface area contributed by atoms with E-state index in [0.717, 1.165) is 21.3 Å². The first-order valence-electron chi connectivity index (χ1n) is 7.64. The molecule has 0 aliphatic carbocycles. The third kappa shape index (κ3) is 3.91. The second-order valence-electron chi connectivity index (χ2n) is 5.56. The highest BCUT2D eigenvalue weighted by atomic mass is 35.5. The number of halogens is 2. The number of amides is 1. The summed E-state index contributed by atoms with van der Waals surface area (Å²) >= 11 is 7.46. The Morgan fingerprint density at radius 2 is 2.12 bits per heavy atom. The predicted octanol–water partition coefficient (Wildman–Crippen LogP) is 4.69. The van der Waals surface area contributed by atoms with E-state index >= 15 is 0 Å². The lowest BCUT2D eigenvalue weighted by atomic mass is 10.3. The van der Waals surface area contributed by atoms with Gasteiger partial charge < -0.3 is 9.64 Å². The maximum atomic E-state index is 13.0. The largest absolute Gasteiger partial charge is 0.482 e. The van der Waals surface area contributed by atoms with Crippen molar-refractivity contribution < 1.29 is 13.9 Å². The molecular weight excluding hydrogens is 363 g/mol. The molecule has 1 heterocycles. The van der Waals surface area contributed by atoms with Gasteiger partial charge in [-0.25, -0.2) is 9.37 Å². The number of hydrogen-bond acceptors (Lipinski definition) is 4. The molecule has 4 nitrogen and oxygen atoms in total. The van der Waals surface area contributed by atoms with Gasteiger partial charge in [-0.05, 0) is 37.3 Å². The van der Waals surface area contributed by atoms with E-state index in [9.17, 15) is 9.18 Å². The summed E-state index contributed by atoms with van der Waals surface area (Å²) in [5.41, 5.74) is 0.921. The second kappa shape index (κ2) is 7.37. The lowest BCUT2D eigenvalue weighted by Gasteiger charge is -2.23. The average Bonchev–Trinajstić information content (AvgIpc) is 3.03. The van der Waals surface area contributed by atoms with Crippen molar-refractivity contribution in [2.45, 2.75) is 13.0 Å². The van der Waals surface area contributed by atoms with Gasteiger partial charge in [0.2, 0.25) is 0 Å². The van der Waals surface area contributed by atoms with E-state index in [1.54, 1.807) is 23.3 Å². The second-order valence-corrected chi connectivity index (χ2v) is 7.03. The smallest absolute Gasteiger partial charge is 0.260 e. The monoisotopic (exact) mass is 378 g/mol. The Morgan fingerprint density at radius 3 is 2.84 bits per heavy atom. The van der Waals surface area contributed by atoms with Crippen molar-refractivity contribution >= 4 is 39.1 Å². The summed E-state index contributed by atoms with van der Waals surface area (Å²) in [5.74, 6) is -0.394. The first-order chi connectivity index (χ1) is 12.0. The molecule has 1 amide bonds. The van der Waals surface area contributed by atoms with Crippen LogP contribution >= 0.6 is 22.9 Å². The van der Waals surface area contributed by atoms with Gasteiger partial charge in [-0.1, -0.05) is 23.7 Å². The Balaban J connectivity index is 1.66. The molecule has 0 saturated heterocycles. The van der Waals surface area contributed by atoms with Crippen LogP contribution < -0.4 is 4.74 Å². The molecule has 1 atom stereocenters. The molecule has 3 aromatic rings. The molecule has 130 valence electrons. The summed E-state index contributed by atoms with van der Waals surface area (Å²) in [5, 5.41) is 0.992. The number of aromatic nitrogens is 1. The topological polar surface area (TPSA) is 42.4 Å². The van der Waals surface area contributed by atoms with Crippen LogP contribution in [0.5, 0.6) is 5.75 Å². The standard InChI is InChI=1S/C18H16ClFN2O2S/c1-11(18-21-14-5-3-4-6-16(14)25-18)22(2)17(23)10-24-15-8-7-12(20)9-13(15)19/h3-9,11H,10H2,1-2H3. The number of hydrogen-bond donors (Lipinski definition) is 0. The average molecular weight is 379 g/mol. The Hall–Kier alpha value is -2.18. The van der Waals surface area contributed by atoms with Gasteiger partial charge in [0.05, 0.1) is 21.3 Å². The Kier molecular flexibility index (Phi) is 5.20. The molecule has 0 fully saturated rings. The zero-order valence-corrected chi connectivity index (χ0v) is 15.3. The van der Waals surface area contributed by atoms with E-state index in [-0.39, 0.29) is 29.3 Å². The number of rotatable bonds is 5. The van der Waals surface area contributed by atoms with Crippen LogP contribution in [0.25, 0.3) is 10.2 Å². The van der Waals surface area contributed by atoms with Crippen molar-refractivity contribution in [3.63, 3.8) is 0 Å². The lowest BCUT2D eigenvalue weighted by Crippen LogP contribution is -2.33. The summed E-state index contributed by atoms with van der Waals surface area (Å²) < 4.78 is 19.5. The highest BCUT2D eigenvalue weighted by Gasteiger charge is 2.21. The molecule has 0 saturated carbocycles. The van der Waals surface area contributed by atoms with Gasteiger partial charge in [-0.3, -0.25) is 4.79 Å². The van der Waals surface area contributed by atoms with E-state index in [1.165, 1.54) is 12.1 Å². The van der Waals surface area contributed by atoms with Gasteiger partial charge in [-0.2, -0.15) is 0 Å². The molecule has 1 unspecified atom stereocenters. The number of likely N-dealkylation sites (N-methyl/N-ethyl adjacent to an activating group) is 1. The summed E-state index contributed by atoms with van der Waals surface area (Å²) in [7, 11) is 1.70. The van der Waals surface area contributed by atoms with Crippen LogP contribution in [-0.2, 0) is 4.79 Å². The Morgan fingerprint density at radius 1 is 1.36 bits per heavy atom. The summed E-state index contributed by atoms with van der Waals surface area (Å²) in [6.45, 7) is 1.73. The zero-order chi connectivity index (χ0) is 18.0. The number of para-hydroxylation sites is 1. The van der Waals surface area contributed by atoms with Crippen LogP contribution in [0.2, 0.25) is 5.02 Å². The normalized spacial score (nSPS) is 12.2. The Labute approximate surface area is 153 Å². The van der Waals surface area contributed by atoms with Crippen LogP contribution in [0.3, 0.4) is 0 Å². The lowest BCUT2D eigenvalue weighted by molar-refractivity contribution is -0.134. The fourth-order valence-corrected chi connectivity index (χ4v) is 3.57. The number of carbonyl (C=O) groups is 1. The number of benzene rings is 2. The van der Waals surface area contributed by atoms with Gasteiger partial charge in [-0.15, -0.1) is 11.3 Å². The summed E-state index contributed by atoms with van der Waals surface area (Å²) in [6.07, 6.45) is 0. The predicted molar refractivity (Wildman–Crippen MR) is 97.7 cm³/mol. The first-order valence-corrected chi connectivity index (χ1v) is 8.84. The highest BCUT2D eigenvalue weighted by Crippen LogP contribution is 2.29. The molecule has 7 heteroatoms. The minimum Gasteiger partial charge on any atom is -0.482 e. The summed E-state index contributed by atoms with van der Waals surface area (Å²) in [4.78, 5) is 18.5. The van der Waals surface area contributed by atoms with E-state index in [1.807, 2.05) is 31.2 Å². The third-order valence-electron chi connectivity index (χ3n) is 3.89. The van der Waals surface area contributed by atoms with E-state index in [0.29, 0.717) is 0 Å². The summed E-state index contributed by atoms with van der Waals surface area (Å²) in [6, 6.07) is 11.5. The maximum Gasteiger partial charge on any atom is 0.260 e. The fourth-order valence-electron chi connectivity index (χ4n) is 2.28. The van der Waals surface area contributed by atoms with Gasteiger partial charge in [0.25, 0.3) is 5.91 Å². The fraction of sp³-hybridized carbons (Fsp3) is 0.222. The van der Waals surface area contributed by atoms with Crippen molar-refractivity contribution in [3.8, 4) is 5.75 Å². The quantitative estimate of drug-likeness (QED) is 0.647. The number of nitrogens with zero attached hydrogens (tertiary/aromatic N) is 2. The van der Waals surface area contributed by atoms with E-state index in [2.05, 4.69) is 4.98 Å². The maximum absolute atomic E-state index is 13.0. The van der Waals surface area contributed by atoms with Crippen molar-refractivity contribution in [1.82, 2.24) is 9.88 Å². The van der Waals surface area contributed by atoms with Crippen molar-refractivity contribution in [2.75, 3.05) is 13.7 Å². The minimum absolute atomic E-state index is 0.134. The van der Waals surface area contributed by atoms with Gasteiger partial charge in [0.1, 0.15) is 16.6 Å².